The van der Waals surface area contributed by atoms with Gasteiger partial charge in [0.25, 0.3) is 0 Å². The number of carbonyl (C=O) groups is 2. The normalized spacial score (nSPS) is 11.0. The quantitative estimate of drug-likeness (QED) is 0.910. The Bertz CT molecular complexity index is 448. The van der Waals surface area contributed by atoms with Crippen LogP contribution >= 0.6 is 0 Å². The molecule has 0 unspecified atom stereocenters. The number of amides is 2. The molecule has 21 heavy (non-hydrogen) atoms. The van der Waals surface area contributed by atoms with Gasteiger partial charge in [-0.05, 0) is 12.1 Å². The Labute approximate surface area is 127 Å². The van der Waals surface area contributed by atoms with Crippen LogP contribution < -0.4 is 10.6 Å². The van der Waals surface area contributed by atoms with Gasteiger partial charge in [-0.15, -0.1) is 0 Å². The standard InChI is InChI=1S/C10H9FN2O2.3C2H6/c11-7-2-1-3-8-6(7)4-10(15)13(8)5-9(12)14;3*1-2/h1-3H,4-5H2,(H2,12,14);3*1-2H3. The first-order valence-corrected chi connectivity index (χ1v) is 7.45. The number of benzene rings is 1. The topological polar surface area (TPSA) is 63.4 Å². The zero-order chi connectivity index (χ0) is 17.0. The van der Waals surface area contributed by atoms with Crippen LogP contribution in [0, 0.1) is 5.82 Å². The summed E-state index contributed by atoms with van der Waals surface area (Å²) < 4.78 is 13.3. The van der Waals surface area contributed by atoms with Crippen molar-refractivity contribution in [1.29, 1.82) is 0 Å². The molecule has 1 aliphatic rings. The molecule has 0 radical (unpaired) electrons. The molecule has 2 amide bonds. The number of hydrogen-bond donors (Lipinski definition) is 1. The molecule has 0 spiro atoms. The van der Waals surface area contributed by atoms with Crippen molar-refractivity contribution in [3.8, 4) is 0 Å². The van der Waals surface area contributed by atoms with Gasteiger partial charge >= 0.3 is 0 Å². The van der Waals surface area contributed by atoms with E-state index in [4.69, 9.17) is 5.73 Å². The lowest BCUT2D eigenvalue weighted by molar-refractivity contribution is -0.121. The maximum absolute atomic E-state index is 13.3. The van der Waals surface area contributed by atoms with Crippen LogP contribution in [0.3, 0.4) is 0 Å². The third-order valence-corrected chi connectivity index (χ3v) is 2.33. The van der Waals surface area contributed by atoms with Gasteiger partial charge < -0.3 is 10.6 Å². The molecule has 0 aliphatic carbocycles. The molecule has 2 rings (SSSR count). The minimum atomic E-state index is -0.611. The number of nitrogens with zero attached hydrogens (tertiary/aromatic N) is 1. The van der Waals surface area contributed by atoms with Crippen LogP contribution in [0.25, 0.3) is 0 Å². The first-order chi connectivity index (χ1) is 10.1. The van der Waals surface area contributed by atoms with E-state index in [9.17, 15) is 14.0 Å². The Hall–Kier alpha value is -1.91. The molecule has 1 aliphatic heterocycles. The van der Waals surface area contributed by atoms with Gasteiger partial charge in [0.1, 0.15) is 12.4 Å². The van der Waals surface area contributed by atoms with E-state index in [0.717, 1.165) is 0 Å². The number of nitrogens with two attached hydrogens (primary N) is 1. The predicted octanol–water partition coefficient (Wildman–Crippen LogP) is 3.28. The largest absolute Gasteiger partial charge is 0.368 e. The highest BCUT2D eigenvalue weighted by Gasteiger charge is 2.30. The zero-order valence-electron chi connectivity index (χ0n) is 13.9. The van der Waals surface area contributed by atoms with Crippen molar-refractivity contribution in [2.45, 2.75) is 48.0 Å². The Kier molecular flexibility index (Phi) is 12.1. The Morgan fingerprint density at radius 2 is 1.71 bits per heavy atom. The van der Waals surface area contributed by atoms with Crippen molar-refractivity contribution in [3.63, 3.8) is 0 Å². The van der Waals surface area contributed by atoms with E-state index in [-0.39, 0.29) is 18.9 Å². The lowest BCUT2D eigenvalue weighted by Crippen LogP contribution is -2.35. The summed E-state index contributed by atoms with van der Waals surface area (Å²) in [5.41, 5.74) is 5.78. The molecule has 0 aromatic heterocycles. The molecule has 4 nitrogen and oxygen atoms in total. The highest BCUT2D eigenvalue weighted by atomic mass is 19.1. The fourth-order valence-corrected chi connectivity index (χ4v) is 1.69. The number of fused-ring (bicyclic) bond motifs is 1. The highest BCUT2D eigenvalue weighted by Crippen LogP contribution is 2.30. The molecular formula is C16H27FN2O2. The molecular weight excluding hydrogens is 271 g/mol. The fourth-order valence-electron chi connectivity index (χ4n) is 1.69. The third-order valence-electron chi connectivity index (χ3n) is 2.33. The summed E-state index contributed by atoms with van der Waals surface area (Å²) in [4.78, 5) is 23.4. The summed E-state index contributed by atoms with van der Waals surface area (Å²) in [6, 6.07) is 4.40. The summed E-state index contributed by atoms with van der Waals surface area (Å²) in [5.74, 6) is -1.33. The van der Waals surface area contributed by atoms with Gasteiger partial charge in [0.05, 0.1) is 12.1 Å². The summed E-state index contributed by atoms with van der Waals surface area (Å²) >= 11 is 0. The van der Waals surface area contributed by atoms with Crippen LogP contribution in [-0.4, -0.2) is 18.4 Å². The molecule has 2 N–H and O–H groups in total. The van der Waals surface area contributed by atoms with Gasteiger partial charge in [0, 0.05) is 5.56 Å². The molecule has 1 heterocycles. The molecule has 0 atom stereocenters. The Morgan fingerprint density at radius 1 is 1.19 bits per heavy atom. The predicted molar refractivity (Wildman–Crippen MR) is 85.7 cm³/mol. The molecule has 1 aromatic carbocycles. The van der Waals surface area contributed by atoms with Crippen LogP contribution in [0.4, 0.5) is 10.1 Å². The van der Waals surface area contributed by atoms with Gasteiger partial charge in [-0.1, -0.05) is 47.6 Å². The van der Waals surface area contributed by atoms with E-state index in [1.807, 2.05) is 41.5 Å². The lowest BCUT2D eigenvalue weighted by atomic mass is 10.1. The first kappa shape index (κ1) is 21.4. The van der Waals surface area contributed by atoms with Crippen LogP contribution in [-0.2, 0) is 16.0 Å². The first-order valence-electron chi connectivity index (χ1n) is 7.45. The molecule has 5 heteroatoms. The third kappa shape index (κ3) is 5.94. The zero-order valence-corrected chi connectivity index (χ0v) is 13.9. The molecule has 0 bridgehead atoms. The van der Waals surface area contributed by atoms with E-state index < -0.39 is 11.7 Å². The second-order valence-electron chi connectivity index (χ2n) is 3.36. The van der Waals surface area contributed by atoms with E-state index in [1.165, 1.54) is 17.0 Å². The van der Waals surface area contributed by atoms with Crippen LogP contribution in [0.2, 0.25) is 0 Å². The molecule has 0 saturated carbocycles. The summed E-state index contributed by atoms with van der Waals surface area (Å²) in [5, 5.41) is 0. The molecule has 0 saturated heterocycles. The van der Waals surface area contributed by atoms with Crippen molar-refractivity contribution in [3.05, 3.63) is 29.6 Å². The molecule has 0 fully saturated rings. The van der Waals surface area contributed by atoms with Crippen molar-refractivity contribution in [2.24, 2.45) is 5.73 Å². The van der Waals surface area contributed by atoms with Crippen LogP contribution in [0.5, 0.6) is 0 Å². The van der Waals surface area contributed by atoms with Gasteiger partial charge in [-0.2, -0.15) is 0 Å². The maximum atomic E-state index is 13.3. The number of halogens is 1. The Morgan fingerprint density at radius 3 is 2.19 bits per heavy atom. The Balaban J connectivity index is 0. The fraction of sp³-hybridized carbons (Fsp3) is 0.500. The summed E-state index contributed by atoms with van der Waals surface area (Å²) in [6.07, 6.45) is -0.00468. The number of rotatable bonds is 2. The van der Waals surface area contributed by atoms with Crippen molar-refractivity contribution >= 4 is 17.5 Å². The van der Waals surface area contributed by atoms with Crippen molar-refractivity contribution in [2.75, 3.05) is 11.4 Å². The molecule has 120 valence electrons. The van der Waals surface area contributed by atoms with Gasteiger partial charge in [-0.25, -0.2) is 4.39 Å². The van der Waals surface area contributed by atoms with E-state index in [2.05, 4.69) is 0 Å². The second kappa shape index (κ2) is 11.9. The van der Waals surface area contributed by atoms with E-state index >= 15 is 0 Å². The van der Waals surface area contributed by atoms with E-state index in [1.54, 1.807) is 6.07 Å². The van der Waals surface area contributed by atoms with Gasteiger partial charge in [0.15, 0.2) is 0 Å². The van der Waals surface area contributed by atoms with Crippen LogP contribution in [0.15, 0.2) is 18.2 Å². The van der Waals surface area contributed by atoms with Crippen molar-refractivity contribution in [1.82, 2.24) is 0 Å². The van der Waals surface area contributed by atoms with E-state index in [0.29, 0.717) is 11.3 Å². The van der Waals surface area contributed by atoms with Crippen molar-refractivity contribution < 1.29 is 14.0 Å². The van der Waals surface area contributed by atoms with Crippen LogP contribution in [0.1, 0.15) is 47.1 Å². The highest BCUT2D eigenvalue weighted by molar-refractivity contribution is 6.04. The number of anilines is 1. The number of hydrogen-bond acceptors (Lipinski definition) is 2. The minimum Gasteiger partial charge on any atom is -0.368 e. The molecule has 1 aromatic rings. The van der Waals surface area contributed by atoms with Gasteiger partial charge in [0.2, 0.25) is 11.8 Å². The maximum Gasteiger partial charge on any atom is 0.237 e. The lowest BCUT2D eigenvalue weighted by Gasteiger charge is -2.14. The average molecular weight is 298 g/mol. The van der Waals surface area contributed by atoms with Gasteiger partial charge in [-0.3, -0.25) is 9.59 Å². The SMILES string of the molecule is CC.CC.CC.NC(=O)CN1C(=O)Cc2c(F)cccc21. The smallest absolute Gasteiger partial charge is 0.237 e. The second-order valence-corrected chi connectivity index (χ2v) is 3.36. The summed E-state index contributed by atoms with van der Waals surface area (Å²) in [7, 11) is 0. The number of carbonyl (C=O) groups excluding carboxylic acids is 2. The number of primary amides is 1. The summed E-state index contributed by atoms with van der Waals surface area (Å²) in [6.45, 7) is 11.8. The average Bonchev–Trinajstić information content (AvgIpc) is 2.83. The monoisotopic (exact) mass is 298 g/mol. The minimum absolute atomic E-state index is 0.00468.